The number of esters is 2. The zero-order valence-electron chi connectivity index (χ0n) is 23.2. The molecule has 1 aromatic carbocycles. The third-order valence-corrected chi connectivity index (χ3v) is 8.29. The average molecular weight is 595 g/mol. The lowest BCUT2D eigenvalue weighted by Crippen LogP contribution is -2.40. The molecule has 8 heteroatoms. The zero-order chi connectivity index (χ0) is 27.6. The van der Waals surface area contributed by atoms with Gasteiger partial charge in [0.1, 0.15) is 5.60 Å². The van der Waals surface area contributed by atoms with Crippen molar-refractivity contribution in [3.05, 3.63) is 33.6 Å². The topological polar surface area (TPSA) is 73.9 Å². The molecule has 37 heavy (non-hydrogen) atoms. The standard InChI is InChI=1S/C29H40BrNO5S/c1-9-34-26(33)25-23(35-16-21(32)36-27(2,3)4)22(30)24(37-25)18-11-10-12-19(13-18)31-20-14-28(5,6)17-29(7,8)15-20/h10-13,20,31H,9,14-17H2,1-8H3. The van der Waals surface area contributed by atoms with Crippen LogP contribution in [0.4, 0.5) is 5.69 Å². The summed E-state index contributed by atoms with van der Waals surface area (Å²) in [5.41, 5.74) is 1.91. The molecule has 1 saturated carbocycles. The number of carbonyl (C=O) groups excluding carboxylic acids is 2. The molecule has 2 aromatic rings. The Morgan fingerprint density at radius 1 is 1.14 bits per heavy atom. The quantitative estimate of drug-likeness (QED) is 0.312. The van der Waals surface area contributed by atoms with Crippen LogP contribution in [0.3, 0.4) is 0 Å². The number of ether oxygens (including phenoxy) is 3. The molecule has 3 rings (SSSR count). The molecule has 0 unspecified atom stereocenters. The third-order valence-electron chi connectivity index (χ3n) is 6.07. The van der Waals surface area contributed by atoms with Gasteiger partial charge in [-0.15, -0.1) is 11.3 Å². The number of hydrogen-bond acceptors (Lipinski definition) is 7. The summed E-state index contributed by atoms with van der Waals surface area (Å²) in [6.07, 6.45) is 3.43. The SMILES string of the molecule is CCOC(=O)c1sc(-c2cccc(NC3CC(C)(C)CC(C)(C)C3)c2)c(Br)c1OCC(=O)OC(C)(C)C. The van der Waals surface area contributed by atoms with Gasteiger partial charge in [0.05, 0.1) is 16.0 Å². The normalized spacial score (nSPS) is 17.2. The highest BCUT2D eigenvalue weighted by molar-refractivity contribution is 9.10. The number of anilines is 1. The van der Waals surface area contributed by atoms with Crippen LogP contribution in [0.1, 0.15) is 84.3 Å². The minimum absolute atomic E-state index is 0.239. The van der Waals surface area contributed by atoms with Crippen molar-refractivity contribution < 1.29 is 23.8 Å². The maximum Gasteiger partial charge on any atom is 0.352 e. The lowest BCUT2D eigenvalue weighted by atomic mass is 9.63. The number of thiophene rings is 1. The second-order valence-electron chi connectivity index (χ2n) is 12.3. The Bertz CT molecular complexity index is 1120. The van der Waals surface area contributed by atoms with Crippen LogP contribution in [0.15, 0.2) is 28.7 Å². The Balaban J connectivity index is 1.88. The number of nitrogens with one attached hydrogen (secondary N) is 1. The number of halogens is 1. The van der Waals surface area contributed by atoms with Crippen molar-refractivity contribution >= 4 is 44.9 Å². The first-order valence-electron chi connectivity index (χ1n) is 12.8. The van der Waals surface area contributed by atoms with Gasteiger partial charge >= 0.3 is 11.9 Å². The minimum Gasteiger partial charge on any atom is -0.479 e. The molecule has 1 aliphatic rings. The number of rotatable bonds is 8. The van der Waals surface area contributed by atoms with E-state index < -0.39 is 17.5 Å². The van der Waals surface area contributed by atoms with Gasteiger partial charge in [0.25, 0.3) is 0 Å². The summed E-state index contributed by atoms with van der Waals surface area (Å²) in [6, 6.07) is 8.56. The number of benzene rings is 1. The Labute approximate surface area is 233 Å². The molecule has 0 radical (unpaired) electrons. The predicted molar refractivity (Wildman–Crippen MR) is 154 cm³/mol. The van der Waals surface area contributed by atoms with Gasteiger partial charge in [0.2, 0.25) is 0 Å². The van der Waals surface area contributed by atoms with Crippen LogP contribution in [0.5, 0.6) is 5.75 Å². The molecule has 1 aliphatic carbocycles. The summed E-state index contributed by atoms with van der Waals surface area (Å²) in [7, 11) is 0. The van der Waals surface area contributed by atoms with Crippen LogP contribution in [-0.4, -0.2) is 36.8 Å². The smallest absolute Gasteiger partial charge is 0.352 e. The van der Waals surface area contributed by atoms with Crippen molar-refractivity contribution in [3.8, 4) is 16.2 Å². The van der Waals surface area contributed by atoms with Gasteiger partial charge in [-0.05, 0) is 91.4 Å². The van der Waals surface area contributed by atoms with Crippen molar-refractivity contribution in [3.63, 3.8) is 0 Å². The fraction of sp³-hybridized carbons (Fsp3) is 0.586. The highest BCUT2D eigenvalue weighted by atomic mass is 79.9. The van der Waals surface area contributed by atoms with E-state index in [1.807, 2.05) is 12.1 Å². The molecule has 1 N–H and O–H groups in total. The van der Waals surface area contributed by atoms with E-state index in [0.717, 1.165) is 29.0 Å². The second-order valence-corrected chi connectivity index (χ2v) is 14.1. The molecule has 6 nitrogen and oxygen atoms in total. The molecular weight excluding hydrogens is 554 g/mol. The van der Waals surface area contributed by atoms with Crippen LogP contribution in [0.2, 0.25) is 0 Å². The minimum atomic E-state index is -0.627. The number of carbonyl (C=O) groups is 2. The highest BCUT2D eigenvalue weighted by Crippen LogP contribution is 2.48. The third kappa shape index (κ3) is 8.21. The van der Waals surface area contributed by atoms with Crippen LogP contribution in [-0.2, 0) is 14.3 Å². The fourth-order valence-corrected chi connectivity index (χ4v) is 7.42. The van der Waals surface area contributed by atoms with Crippen LogP contribution in [0.25, 0.3) is 10.4 Å². The largest absolute Gasteiger partial charge is 0.479 e. The lowest BCUT2D eigenvalue weighted by molar-refractivity contribution is -0.157. The van der Waals surface area contributed by atoms with Crippen molar-refractivity contribution in [2.24, 2.45) is 10.8 Å². The van der Waals surface area contributed by atoms with Crippen molar-refractivity contribution in [1.82, 2.24) is 0 Å². The van der Waals surface area contributed by atoms with Crippen LogP contribution < -0.4 is 10.1 Å². The molecule has 1 heterocycles. The monoisotopic (exact) mass is 593 g/mol. The van der Waals surface area contributed by atoms with E-state index in [0.29, 0.717) is 21.1 Å². The average Bonchev–Trinajstić information content (AvgIpc) is 3.05. The van der Waals surface area contributed by atoms with Gasteiger partial charge in [-0.2, -0.15) is 0 Å². The molecular formula is C29H40BrNO5S. The summed E-state index contributed by atoms with van der Waals surface area (Å²) in [4.78, 5) is 26.2. The van der Waals surface area contributed by atoms with E-state index in [2.05, 4.69) is 61.1 Å². The molecule has 0 spiro atoms. The first kappa shape index (κ1) is 29.5. The molecule has 0 bridgehead atoms. The van der Waals surface area contributed by atoms with Crippen LogP contribution in [0, 0.1) is 10.8 Å². The van der Waals surface area contributed by atoms with Gasteiger partial charge in [0.15, 0.2) is 17.2 Å². The Morgan fingerprint density at radius 2 is 1.78 bits per heavy atom. The molecule has 0 atom stereocenters. The molecule has 1 fully saturated rings. The summed E-state index contributed by atoms with van der Waals surface area (Å²) >= 11 is 4.91. The summed E-state index contributed by atoms with van der Waals surface area (Å²) < 4.78 is 17.0. The molecule has 204 valence electrons. The van der Waals surface area contributed by atoms with Crippen molar-refractivity contribution in [2.45, 2.75) is 86.3 Å². The zero-order valence-corrected chi connectivity index (χ0v) is 25.7. The second kappa shape index (κ2) is 11.4. The maximum absolute atomic E-state index is 12.7. The van der Waals surface area contributed by atoms with Crippen LogP contribution >= 0.6 is 27.3 Å². The summed E-state index contributed by atoms with van der Waals surface area (Å²) in [6.45, 7) is 16.4. The number of hydrogen-bond donors (Lipinski definition) is 1. The van der Waals surface area contributed by atoms with E-state index in [9.17, 15) is 9.59 Å². The van der Waals surface area contributed by atoms with Gasteiger partial charge in [-0.25, -0.2) is 9.59 Å². The Hall–Kier alpha value is -2.06. The van der Waals surface area contributed by atoms with Gasteiger partial charge in [-0.1, -0.05) is 39.8 Å². The van der Waals surface area contributed by atoms with Gasteiger partial charge < -0.3 is 19.5 Å². The van der Waals surface area contributed by atoms with Crippen molar-refractivity contribution in [1.29, 1.82) is 0 Å². The van der Waals surface area contributed by atoms with Crippen molar-refractivity contribution in [2.75, 3.05) is 18.5 Å². The molecule has 0 aliphatic heterocycles. The van der Waals surface area contributed by atoms with E-state index >= 15 is 0 Å². The predicted octanol–water partition coefficient (Wildman–Crippen LogP) is 8.09. The fourth-order valence-electron chi connectivity index (χ4n) is 5.48. The van der Waals surface area contributed by atoms with E-state index in [1.165, 1.54) is 17.8 Å². The van der Waals surface area contributed by atoms with E-state index in [-0.39, 0.29) is 24.0 Å². The first-order valence-corrected chi connectivity index (χ1v) is 14.4. The van der Waals surface area contributed by atoms with Gasteiger partial charge in [-0.3, -0.25) is 0 Å². The Kier molecular flexibility index (Phi) is 9.05. The molecule has 1 aromatic heterocycles. The maximum atomic E-state index is 12.7. The summed E-state index contributed by atoms with van der Waals surface area (Å²) in [5.74, 6) is -0.704. The summed E-state index contributed by atoms with van der Waals surface area (Å²) in [5, 5.41) is 3.75. The van der Waals surface area contributed by atoms with E-state index in [4.69, 9.17) is 14.2 Å². The Morgan fingerprint density at radius 3 is 2.38 bits per heavy atom. The first-order chi connectivity index (χ1) is 17.1. The molecule has 0 amide bonds. The van der Waals surface area contributed by atoms with Gasteiger partial charge in [0, 0.05) is 11.7 Å². The van der Waals surface area contributed by atoms with E-state index in [1.54, 1.807) is 27.7 Å². The molecule has 0 saturated heterocycles. The lowest BCUT2D eigenvalue weighted by Gasteiger charge is -2.45. The highest BCUT2D eigenvalue weighted by Gasteiger charge is 2.38.